The fourth-order valence-corrected chi connectivity index (χ4v) is 3.52. The molecule has 0 bridgehead atoms. The number of nitrogens with two attached hydrogens (primary N) is 1. The summed E-state index contributed by atoms with van der Waals surface area (Å²) in [5.41, 5.74) is 7.69. The molecule has 0 saturated carbocycles. The van der Waals surface area contributed by atoms with Gasteiger partial charge in [0.2, 0.25) is 0 Å². The van der Waals surface area contributed by atoms with Gasteiger partial charge in [-0.15, -0.1) is 10.2 Å². The number of halogens is 3. The van der Waals surface area contributed by atoms with Crippen LogP contribution in [0.4, 0.5) is 15.8 Å². The smallest absolute Gasteiger partial charge is 0.271 e. The lowest BCUT2D eigenvalue weighted by molar-refractivity contribution is 0.0996. The number of nitrogens with zero attached hydrogens (tertiary/aromatic N) is 5. The Morgan fingerprint density at radius 1 is 1.13 bits per heavy atom. The maximum Gasteiger partial charge on any atom is 0.271 e. The number of anilines is 2. The number of benzene rings is 2. The van der Waals surface area contributed by atoms with Crippen LogP contribution in [0.25, 0.3) is 23.3 Å². The molecule has 0 unspecified atom stereocenters. The monoisotopic (exact) mass is 457 g/mol. The molecule has 0 aliphatic heterocycles. The van der Waals surface area contributed by atoms with E-state index in [1.807, 2.05) is 0 Å². The van der Waals surface area contributed by atoms with Crippen molar-refractivity contribution in [2.75, 3.05) is 5.32 Å². The number of para-hydroxylation sites is 1. The van der Waals surface area contributed by atoms with Crippen LogP contribution in [-0.4, -0.2) is 30.5 Å². The van der Waals surface area contributed by atoms with Crippen LogP contribution < -0.4 is 11.1 Å². The van der Waals surface area contributed by atoms with Crippen molar-refractivity contribution in [1.82, 2.24) is 24.5 Å². The highest BCUT2D eigenvalue weighted by Crippen LogP contribution is 2.31. The summed E-state index contributed by atoms with van der Waals surface area (Å²) < 4.78 is 15.4. The molecule has 0 spiro atoms. The van der Waals surface area contributed by atoms with Gasteiger partial charge in [0.15, 0.2) is 11.5 Å². The van der Waals surface area contributed by atoms with Gasteiger partial charge in [0.25, 0.3) is 5.91 Å². The van der Waals surface area contributed by atoms with Crippen molar-refractivity contribution >= 4 is 46.7 Å². The van der Waals surface area contributed by atoms with Crippen molar-refractivity contribution in [2.45, 2.75) is 0 Å². The number of primary amides is 1. The SMILES string of the molecule is NC(=O)c1nn(-c2c(Cl)cccc2Cl)cc1Nc1ccc(-c2nncn2/C=C/F)cc1. The first-order valence-corrected chi connectivity index (χ1v) is 9.61. The number of amides is 1. The third-order valence-electron chi connectivity index (χ3n) is 4.33. The molecular weight excluding hydrogens is 444 g/mol. The highest BCUT2D eigenvalue weighted by atomic mass is 35.5. The maximum atomic E-state index is 12.5. The fraction of sp³-hybridized carbons (Fsp3) is 0. The summed E-state index contributed by atoms with van der Waals surface area (Å²) >= 11 is 12.5. The van der Waals surface area contributed by atoms with E-state index in [1.54, 1.807) is 48.7 Å². The molecular formula is C20H14Cl2FN7O. The van der Waals surface area contributed by atoms with Crippen LogP contribution in [0.15, 0.2) is 61.3 Å². The van der Waals surface area contributed by atoms with Crippen molar-refractivity contribution in [3.8, 4) is 17.1 Å². The molecule has 0 atom stereocenters. The minimum absolute atomic E-state index is 0.0212. The number of carbonyl (C=O) groups excluding carboxylic acids is 1. The number of hydrogen-bond donors (Lipinski definition) is 2. The molecule has 0 fully saturated rings. The maximum absolute atomic E-state index is 12.5. The van der Waals surface area contributed by atoms with Crippen molar-refractivity contribution in [2.24, 2.45) is 5.73 Å². The normalized spacial score (nSPS) is 11.2. The van der Waals surface area contributed by atoms with Gasteiger partial charge >= 0.3 is 0 Å². The summed E-state index contributed by atoms with van der Waals surface area (Å²) in [4.78, 5) is 11.9. The molecule has 0 aliphatic rings. The number of nitrogens with one attached hydrogen (secondary N) is 1. The average molecular weight is 458 g/mol. The minimum Gasteiger partial charge on any atom is -0.364 e. The molecule has 156 valence electrons. The molecule has 2 aromatic carbocycles. The minimum atomic E-state index is -0.716. The van der Waals surface area contributed by atoms with Crippen molar-refractivity contribution < 1.29 is 9.18 Å². The fourth-order valence-electron chi connectivity index (χ4n) is 2.95. The molecule has 31 heavy (non-hydrogen) atoms. The Balaban J connectivity index is 1.66. The molecule has 4 aromatic rings. The number of rotatable bonds is 6. The first kappa shape index (κ1) is 20.6. The zero-order chi connectivity index (χ0) is 22.0. The first-order valence-electron chi connectivity index (χ1n) is 8.85. The van der Waals surface area contributed by atoms with Crippen LogP contribution in [0.2, 0.25) is 10.0 Å². The first-order chi connectivity index (χ1) is 15.0. The van der Waals surface area contributed by atoms with Gasteiger partial charge in [0.05, 0.1) is 21.9 Å². The Morgan fingerprint density at radius 2 is 1.84 bits per heavy atom. The highest BCUT2D eigenvalue weighted by Gasteiger charge is 2.18. The zero-order valence-electron chi connectivity index (χ0n) is 15.7. The second kappa shape index (κ2) is 8.58. The van der Waals surface area contributed by atoms with E-state index < -0.39 is 5.91 Å². The van der Waals surface area contributed by atoms with E-state index in [0.29, 0.717) is 39.3 Å². The second-order valence-corrected chi connectivity index (χ2v) is 7.12. The Morgan fingerprint density at radius 3 is 2.48 bits per heavy atom. The summed E-state index contributed by atoms with van der Waals surface area (Å²) in [6, 6.07) is 12.1. The Bertz CT molecular complexity index is 1260. The van der Waals surface area contributed by atoms with E-state index in [1.165, 1.54) is 21.8 Å². The molecule has 0 radical (unpaired) electrons. The summed E-state index contributed by atoms with van der Waals surface area (Å²) in [5.74, 6) is -0.244. The highest BCUT2D eigenvalue weighted by molar-refractivity contribution is 6.37. The van der Waals surface area contributed by atoms with Gasteiger partial charge in [-0.25, -0.2) is 9.07 Å². The lowest BCUT2D eigenvalue weighted by Gasteiger charge is -2.07. The van der Waals surface area contributed by atoms with Gasteiger partial charge in [0, 0.05) is 17.5 Å². The van der Waals surface area contributed by atoms with Crippen LogP contribution in [0.3, 0.4) is 0 Å². The lowest BCUT2D eigenvalue weighted by atomic mass is 10.2. The summed E-state index contributed by atoms with van der Waals surface area (Å²) in [6.07, 6.45) is 4.57. The van der Waals surface area contributed by atoms with Crippen LogP contribution in [0.5, 0.6) is 0 Å². The van der Waals surface area contributed by atoms with Crippen LogP contribution in [0, 0.1) is 0 Å². The summed E-state index contributed by atoms with van der Waals surface area (Å²) in [6.45, 7) is 0. The molecule has 4 rings (SSSR count). The van der Waals surface area contributed by atoms with E-state index in [4.69, 9.17) is 28.9 Å². The Hall–Kier alpha value is -3.69. The second-order valence-electron chi connectivity index (χ2n) is 6.31. The van der Waals surface area contributed by atoms with E-state index in [-0.39, 0.29) is 5.69 Å². The van der Waals surface area contributed by atoms with Gasteiger partial charge < -0.3 is 11.1 Å². The van der Waals surface area contributed by atoms with Gasteiger partial charge in [-0.2, -0.15) is 5.10 Å². The topological polar surface area (TPSA) is 104 Å². The third-order valence-corrected chi connectivity index (χ3v) is 4.94. The Kier molecular flexibility index (Phi) is 5.70. The van der Waals surface area contributed by atoms with E-state index in [2.05, 4.69) is 20.6 Å². The molecule has 8 nitrogen and oxygen atoms in total. The Labute approximate surface area is 185 Å². The third kappa shape index (κ3) is 4.14. The average Bonchev–Trinajstić information content (AvgIpc) is 3.36. The summed E-state index contributed by atoms with van der Waals surface area (Å²) in [5, 5.41) is 15.8. The molecule has 11 heteroatoms. The quantitative estimate of drug-likeness (QED) is 0.437. The number of aromatic nitrogens is 5. The molecule has 0 aliphatic carbocycles. The lowest BCUT2D eigenvalue weighted by Crippen LogP contribution is -2.14. The molecule has 1 amide bonds. The van der Waals surface area contributed by atoms with Gasteiger partial charge in [-0.1, -0.05) is 29.3 Å². The molecule has 2 heterocycles. The largest absolute Gasteiger partial charge is 0.364 e. The van der Waals surface area contributed by atoms with Crippen LogP contribution >= 0.6 is 23.2 Å². The predicted octanol–water partition coefficient (Wildman–Crippen LogP) is 4.68. The van der Waals surface area contributed by atoms with Crippen LogP contribution in [-0.2, 0) is 0 Å². The van der Waals surface area contributed by atoms with Crippen LogP contribution in [0.1, 0.15) is 10.5 Å². The zero-order valence-corrected chi connectivity index (χ0v) is 17.2. The standard InChI is InChI=1S/C20H14Cl2FN7O/c21-14-2-1-3-15(22)18(14)30-10-16(17(28-30)19(24)31)26-13-6-4-12(5-7-13)20-27-25-11-29(20)9-8-23/h1-11,26H,(H2,24,31)/b9-8+. The van der Waals surface area contributed by atoms with Gasteiger partial charge in [-0.3, -0.25) is 9.36 Å². The predicted molar refractivity (Wildman–Crippen MR) is 117 cm³/mol. The number of carbonyl (C=O) groups is 1. The van der Waals surface area contributed by atoms with E-state index >= 15 is 0 Å². The van der Waals surface area contributed by atoms with Crippen molar-refractivity contribution in [1.29, 1.82) is 0 Å². The number of hydrogen-bond acceptors (Lipinski definition) is 5. The summed E-state index contributed by atoms with van der Waals surface area (Å²) in [7, 11) is 0. The molecule has 3 N–H and O–H groups in total. The van der Waals surface area contributed by atoms with Crippen molar-refractivity contribution in [3.05, 3.63) is 77.1 Å². The molecule has 0 saturated heterocycles. The van der Waals surface area contributed by atoms with Crippen molar-refractivity contribution in [3.63, 3.8) is 0 Å². The van der Waals surface area contributed by atoms with E-state index in [0.717, 1.165) is 5.56 Å². The van der Waals surface area contributed by atoms with Gasteiger partial charge in [-0.05, 0) is 36.4 Å². The van der Waals surface area contributed by atoms with Gasteiger partial charge in [0.1, 0.15) is 18.3 Å². The molecule has 2 aromatic heterocycles. The van der Waals surface area contributed by atoms with E-state index in [9.17, 15) is 9.18 Å².